The second-order valence-electron chi connectivity index (χ2n) is 8.67. The molecule has 178 valence electrons. The van der Waals surface area contributed by atoms with E-state index < -0.39 is 5.92 Å². The van der Waals surface area contributed by atoms with Crippen molar-refractivity contribution in [1.29, 1.82) is 0 Å². The number of carbonyl (C=O) groups excluding carboxylic acids is 1. The second-order valence-corrected chi connectivity index (χ2v) is 9.61. The average Bonchev–Trinajstić information content (AvgIpc) is 3.62. The summed E-state index contributed by atoms with van der Waals surface area (Å²) in [7, 11) is 0. The highest BCUT2D eigenvalue weighted by Crippen LogP contribution is 2.44. The lowest BCUT2D eigenvalue weighted by atomic mass is 9.87. The van der Waals surface area contributed by atoms with Crippen LogP contribution in [0.25, 0.3) is 27.6 Å². The summed E-state index contributed by atoms with van der Waals surface area (Å²) < 4.78 is 7.79. The van der Waals surface area contributed by atoms with Crippen LogP contribution >= 0.6 is 11.3 Å². The number of hydrogen-bond donors (Lipinski definition) is 1. The molecule has 0 spiro atoms. The van der Waals surface area contributed by atoms with Crippen LogP contribution in [0.15, 0.2) is 102 Å². The number of rotatable bonds is 4. The van der Waals surface area contributed by atoms with Crippen LogP contribution < -0.4 is 10.1 Å². The largest absolute Gasteiger partial charge is 0.457 e. The van der Waals surface area contributed by atoms with Crippen LogP contribution in [0.5, 0.6) is 11.5 Å². The van der Waals surface area contributed by atoms with E-state index in [2.05, 4.69) is 15.5 Å². The summed E-state index contributed by atoms with van der Waals surface area (Å²) in [5.41, 5.74) is 4.81. The van der Waals surface area contributed by atoms with E-state index in [1.165, 1.54) is 0 Å². The lowest BCUT2D eigenvalue weighted by Gasteiger charge is -2.27. The van der Waals surface area contributed by atoms with Crippen LogP contribution in [-0.2, 0) is 4.79 Å². The first-order valence-corrected chi connectivity index (χ1v) is 12.7. The number of nitrogens with zero attached hydrogens (tertiary/aromatic N) is 4. The van der Waals surface area contributed by atoms with Gasteiger partial charge in [-0.2, -0.15) is 9.61 Å². The van der Waals surface area contributed by atoms with Crippen LogP contribution in [0.2, 0.25) is 0 Å². The van der Waals surface area contributed by atoms with Gasteiger partial charge in [0, 0.05) is 22.4 Å². The highest BCUT2D eigenvalue weighted by Gasteiger charge is 2.32. The molecule has 0 fully saturated rings. The van der Waals surface area contributed by atoms with Crippen molar-refractivity contribution in [3.05, 3.63) is 114 Å². The maximum Gasteiger partial charge on any atom is 0.236 e. The zero-order chi connectivity index (χ0) is 24.8. The van der Waals surface area contributed by atoms with Crippen LogP contribution in [0.3, 0.4) is 0 Å². The first-order valence-electron chi connectivity index (χ1n) is 11.8. The van der Waals surface area contributed by atoms with Gasteiger partial charge in [-0.3, -0.25) is 4.79 Å². The molecule has 7 nitrogen and oxygen atoms in total. The zero-order valence-electron chi connectivity index (χ0n) is 19.4. The van der Waals surface area contributed by atoms with E-state index in [1.807, 2.05) is 102 Å². The molecule has 0 saturated heterocycles. The van der Waals surface area contributed by atoms with Gasteiger partial charge in [0.1, 0.15) is 11.5 Å². The van der Waals surface area contributed by atoms with Gasteiger partial charge in [-0.05, 0) is 47.8 Å². The van der Waals surface area contributed by atoms with Gasteiger partial charge in [0.05, 0.1) is 16.5 Å². The van der Waals surface area contributed by atoms with E-state index in [1.54, 1.807) is 15.9 Å². The van der Waals surface area contributed by atoms with Gasteiger partial charge < -0.3 is 10.1 Å². The van der Waals surface area contributed by atoms with Gasteiger partial charge in [-0.15, -0.1) is 21.5 Å². The molecule has 37 heavy (non-hydrogen) atoms. The summed E-state index contributed by atoms with van der Waals surface area (Å²) in [6.45, 7) is 0. The smallest absolute Gasteiger partial charge is 0.236 e. The number of nitrogens with one attached hydrogen (secondary N) is 1. The number of amides is 1. The van der Waals surface area contributed by atoms with E-state index >= 15 is 0 Å². The third-order valence-corrected chi connectivity index (χ3v) is 7.26. The molecule has 0 radical (unpaired) electrons. The van der Waals surface area contributed by atoms with Gasteiger partial charge in [0.25, 0.3) is 0 Å². The molecule has 1 aliphatic rings. The Balaban J connectivity index is 1.17. The molecule has 0 atom stereocenters. The number of fused-ring (bicyclic) bond motifs is 3. The highest BCUT2D eigenvalue weighted by atomic mass is 32.1. The monoisotopic (exact) mass is 501 g/mol. The van der Waals surface area contributed by atoms with Crippen molar-refractivity contribution in [3.63, 3.8) is 0 Å². The summed E-state index contributed by atoms with van der Waals surface area (Å²) in [6.07, 6.45) is 0. The maximum absolute atomic E-state index is 13.5. The Morgan fingerprint density at radius 2 is 1.54 bits per heavy atom. The summed E-state index contributed by atoms with van der Waals surface area (Å²) >= 11 is 1.60. The molecule has 0 saturated carbocycles. The molecular formula is C29H19N5O2S. The minimum Gasteiger partial charge on any atom is -0.457 e. The van der Waals surface area contributed by atoms with Crippen molar-refractivity contribution in [3.8, 4) is 33.5 Å². The lowest BCUT2D eigenvalue weighted by molar-refractivity contribution is -0.116. The number of hydrogen-bond acceptors (Lipinski definition) is 6. The zero-order valence-corrected chi connectivity index (χ0v) is 20.2. The predicted molar refractivity (Wildman–Crippen MR) is 143 cm³/mol. The van der Waals surface area contributed by atoms with E-state index in [0.29, 0.717) is 28.7 Å². The fourth-order valence-electron chi connectivity index (χ4n) is 4.63. The third kappa shape index (κ3) is 3.75. The Kier molecular flexibility index (Phi) is 5.04. The number of ether oxygens (including phenoxy) is 1. The minimum absolute atomic E-state index is 0.111. The van der Waals surface area contributed by atoms with Crippen molar-refractivity contribution in [1.82, 2.24) is 19.8 Å². The quantitative estimate of drug-likeness (QED) is 0.302. The lowest BCUT2D eigenvalue weighted by Crippen LogP contribution is -2.25. The second kappa shape index (κ2) is 8.69. The standard InChI is InChI=1S/C29H19N5O2S/c35-29(27-20-6-1-3-8-23(20)36-24-9-4-2-7-21(24)27)30-19-13-11-18(12-14-19)22-15-16-26-31-32-28(34(26)33-22)25-10-5-17-37-25/h1-17,27H,(H,30,35). The van der Waals surface area contributed by atoms with Crippen molar-refractivity contribution in [2.24, 2.45) is 0 Å². The molecule has 3 aromatic heterocycles. The van der Waals surface area contributed by atoms with Crippen molar-refractivity contribution in [2.45, 2.75) is 5.92 Å². The highest BCUT2D eigenvalue weighted by molar-refractivity contribution is 7.13. The third-order valence-electron chi connectivity index (χ3n) is 6.39. The van der Waals surface area contributed by atoms with Crippen molar-refractivity contribution >= 4 is 28.6 Å². The summed E-state index contributed by atoms with van der Waals surface area (Å²) in [5.74, 6) is 1.55. The van der Waals surface area contributed by atoms with Crippen LogP contribution in [-0.4, -0.2) is 25.7 Å². The molecule has 4 heterocycles. The molecule has 6 aromatic rings. The topological polar surface area (TPSA) is 81.4 Å². The Labute approximate surface area is 216 Å². The fraction of sp³-hybridized carbons (Fsp3) is 0.0345. The van der Waals surface area contributed by atoms with Crippen LogP contribution in [0.4, 0.5) is 5.69 Å². The number of thiophene rings is 1. The molecule has 8 heteroatoms. The summed E-state index contributed by atoms with van der Waals surface area (Å²) in [4.78, 5) is 14.5. The molecule has 7 rings (SSSR count). The molecule has 1 amide bonds. The van der Waals surface area contributed by atoms with Crippen LogP contribution in [0, 0.1) is 0 Å². The fourth-order valence-corrected chi connectivity index (χ4v) is 5.33. The van der Waals surface area contributed by atoms with E-state index in [-0.39, 0.29) is 5.91 Å². The predicted octanol–water partition coefficient (Wildman–Crippen LogP) is 6.40. The van der Waals surface area contributed by atoms with E-state index in [0.717, 1.165) is 27.3 Å². The first-order chi connectivity index (χ1) is 18.2. The molecular weight excluding hydrogens is 482 g/mol. The molecule has 0 aliphatic carbocycles. The number of aromatic nitrogens is 4. The normalized spacial score (nSPS) is 12.5. The SMILES string of the molecule is O=C(Nc1ccc(-c2ccc3nnc(-c4cccs4)n3n2)cc1)C1c2ccccc2Oc2ccccc21. The van der Waals surface area contributed by atoms with Gasteiger partial charge in [0.2, 0.25) is 5.91 Å². The number of benzene rings is 3. The first kappa shape index (κ1) is 21.5. The Hall–Kier alpha value is -4.82. The Morgan fingerprint density at radius 3 is 2.24 bits per heavy atom. The van der Waals surface area contributed by atoms with Gasteiger partial charge in [-0.25, -0.2) is 0 Å². The number of anilines is 1. The number of para-hydroxylation sites is 2. The van der Waals surface area contributed by atoms with Gasteiger partial charge in [-0.1, -0.05) is 54.6 Å². The van der Waals surface area contributed by atoms with E-state index in [4.69, 9.17) is 9.84 Å². The molecule has 0 bridgehead atoms. The van der Waals surface area contributed by atoms with Gasteiger partial charge in [0.15, 0.2) is 11.5 Å². The maximum atomic E-state index is 13.5. The van der Waals surface area contributed by atoms with E-state index in [9.17, 15) is 4.79 Å². The van der Waals surface area contributed by atoms with Crippen LogP contribution in [0.1, 0.15) is 17.0 Å². The molecule has 1 aliphatic heterocycles. The molecule has 3 aromatic carbocycles. The summed E-state index contributed by atoms with van der Waals surface area (Å²) in [6, 6.07) is 30.8. The molecule has 0 unspecified atom stereocenters. The Morgan fingerprint density at radius 1 is 0.811 bits per heavy atom. The number of carbonyl (C=O) groups is 1. The van der Waals surface area contributed by atoms with Crippen molar-refractivity contribution < 1.29 is 9.53 Å². The average molecular weight is 502 g/mol. The summed E-state index contributed by atoms with van der Waals surface area (Å²) in [5, 5.41) is 18.4. The minimum atomic E-state index is -0.464. The Bertz CT molecular complexity index is 1710. The molecule has 1 N–H and O–H groups in total. The van der Waals surface area contributed by atoms with Gasteiger partial charge >= 0.3 is 0 Å². The van der Waals surface area contributed by atoms with Crippen molar-refractivity contribution in [2.75, 3.05) is 5.32 Å².